The monoisotopic (exact) mass is 198 g/mol. The van der Waals surface area contributed by atoms with Crippen LogP contribution in [0.3, 0.4) is 0 Å². The molecule has 0 aromatic heterocycles. The van der Waals surface area contributed by atoms with Gasteiger partial charge in [-0.25, -0.2) is 4.79 Å². The molecule has 0 saturated carbocycles. The molecule has 0 amide bonds. The van der Waals surface area contributed by atoms with Crippen LogP contribution in [0.25, 0.3) is 0 Å². The molecule has 0 N–H and O–H groups in total. The molecule has 0 bridgehead atoms. The minimum absolute atomic E-state index is 0.181. The molecule has 80 valence electrons. The number of hydrogen-bond donors (Lipinski definition) is 0. The van der Waals surface area contributed by atoms with Crippen molar-refractivity contribution in [2.75, 3.05) is 6.61 Å². The lowest BCUT2D eigenvalue weighted by molar-refractivity contribution is -0.139. The Morgan fingerprint density at radius 3 is 2.36 bits per heavy atom. The second kappa shape index (κ2) is 7.30. The maximum Gasteiger partial charge on any atom is 0.341 e. The van der Waals surface area contributed by atoms with Gasteiger partial charge in [0.2, 0.25) is 0 Å². The van der Waals surface area contributed by atoms with E-state index in [1.165, 1.54) is 6.92 Å². The Balaban J connectivity index is 4.35. The normalized spacial score (nSPS) is 11.2. The van der Waals surface area contributed by atoms with Gasteiger partial charge >= 0.3 is 5.97 Å². The number of carbonyl (C=O) groups excluding carboxylic acids is 2. The summed E-state index contributed by atoms with van der Waals surface area (Å²) in [6.07, 6.45) is 4.45. The van der Waals surface area contributed by atoms with Crippen molar-refractivity contribution >= 4 is 11.8 Å². The van der Waals surface area contributed by atoms with Crippen molar-refractivity contribution in [2.24, 2.45) is 0 Å². The van der Waals surface area contributed by atoms with E-state index in [0.29, 0.717) is 6.61 Å². The van der Waals surface area contributed by atoms with Crippen molar-refractivity contribution in [3.63, 3.8) is 0 Å². The van der Waals surface area contributed by atoms with Crippen LogP contribution in [0.4, 0.5) is 0 Å². The Morgan fingerprint density at radius 1 is 1.29 bits per heavy atom. The number of allylic oxidation sites excluding steroid dienone is 1. The second-order valence-electron chi connectivity index (χ2n) is 3.04. The Morgan fingerprint density at radius 2 is 1.93 bits per heavy atom. The SMILES string of the molecule is CCCCC=C(C(C)=O)C(=O)OCC. The van der Waals surface area contributed by atoms with E-state index < -0.39 is 5.97 Å². The van der Waals surface area contributed by atoms with Gasteiger partial charge in [-0.05, 0) is 20.3 Å². The van der Waals surface area contributed by atoms with E-state index in [0.717, 1.165) is 19.3 Å². The van der Waals surface area contributed by atoms with Gasteiger partial charge in [-0.3, -0.25) is 4.79 Å². The number of esters is 1. The van der Waals surface area contributed by atoms with E-state index in [2.05, 4.69) is 6.92 Å². The molecule has 0 heterocycles. The molecule has 0 aliphatic rings. The summed E-state index contributed by atoms with van der Waals surface area (Å²) in [5.74, 6) is -0.726. The molecule has 0 unspecified atom stereocenters. The largest absolute Gasteiger partial charge is 0.462 e. The van der Waals surface area contributed by atoms with E-state index in [1.54, 1.807) is 13.0 Å². The average molecular weight is 198 g/mol. The number of carbonyl (C=O) groups is 2. The molecular formula is C11H18O3. The van der Waals surface area contributed by atoms with Crippen LogP contribution in [0.5, 0.6) is 0 Å². The van der Waals surface area contributed by atoms with Crippen LogP contribution < -0.4 is 0 Å². The van der Waals surface area contributed by atoms with Crippen LogP contribution in [0, 0.1) is 0 Å². The first-order valence-corrected chi connectivity index (χ1v) is 5.01. The topological polar surface area (TPSA) is 43.4 Å². The van der Waals surface area contributed by atoms with E-state index in [1.807, 2.05) is 0 Å². The van der Waals surface area contributed by atoms with Crippen molar-refractivity contribution < 1.29 is 14.3 Å². The lowest BCUT2D eigenvalue weighted by Crippen LogP contribution is -2.13. The summed E-state index contributed by atoms with van der Waals surface area (Å²) in [5.41, 5.74) is 0.181. The van der Waals surface area contributed by atoms with Crippen LogP contribution in [-0.4, -0.2) is 18.4 Å². The molecule has 3 nitrogen and oxygen atoms in total. The summed E-state index contributed by atoms with van der Waals surface area (Å²) >= 11 is 0. The van der Waals surface area contributed by atoms with Crippen molar-refractivity contribution in [2.45, 2.75) is 40.0 Å². The third-order valence-corrected chi connectivity index (χ3v) is 1.78. The van der Waals surface area contributed by atoms with Crippen molar-refractivity contribution in [3.05, 3.63) is 11.6 Å². The zero-order valence-corrected chi connectivity index (χ0v) is 9.13. The standard InChI is InChI=1S/C11H18O3/c1-4-6-7-8-10(9(3)12)11(13)14-5-2/h8H,4-7H2,1-3H3. The third kappa shape index (κ3) is 4.80. The van der Waals surface area contributed by atoms with Gasteiger partial charge in [-0.15, -0.1) is 0 Å². The highest BCUT2D eigenvalue weighted by Crippen LogP contribution is 2.05. The highest BCUT2D eigenvalue weighted by atomic mass is 16.5. The molecule has 0 aromatic carbocycles. The molecule has 0 aliphatic carbocycles. The van der Waals surface area contributed by atoms with E-state index in [-0.39, 0.29) is 11.4 Å². The summed E-state index contributed by atoms with van der Waals surface area (Å²) < 4.78 is 4.77. The smallest absolute Gasteiger partial charge is 0.341 e. The molecule has 0 fully saturated rings. The number of ether oxygens (including phenoxy) is 1. The Hall–Kier alpha value is -1.12. The van der Waals surface area contributed by atoms with Crippen LogP contribution >= 0.6 is 0 Å². The fourth-order valence-corrected chi connectivity index (χ4v) is 1.03. The second-order valence-corrected chi connectivity index (χ2v) is 3.04. The van der Waals surface area contributed by atoms with Gasteiger partial charge in [0.15, 0.2) is 5.78 Å². The molecule has 0 radical (unpaired) electrons. The molecular weight excluding hydrogens is 180 g/mol. The first-order chi connectivity index (χ1) is 6.63. The maximum atomic E-state index is 11.3. The first kappa shape index (κ1) is 12.9. The summed E-state index contributed by atoms with van der Waals surface area (Å²) in [6, 6.07) is 0. The van der Waals surface area contributed by atoms with Crippen molar-refractivity contribution in [1.29, 1.82) is 0 Å². The Bertz CT molecular complexity index is 229. The zero-order chi connectivity index (χ0) is 11.0. The number of ketones is 1. The zero-order valence-electron chi connectivity index (χ0n) is 9.13. The molecule has 3 heteroatoms. The van der Waals surface area contributed by atoms with Gasteiger partial charge in [0.05, 0.1) is 12.2 Å². The van der Waals surface area contributed by atoms with E-state index in [4.69, 9.17) is 4.74 Å². The average Bonchev–Trinajstić information content (AvgIpc) is 2.12. The third-order valence-electron chi connectivity index (χ3n) is 1.78. The van der Waals surface area contributed by atoms with Gasteiger partial charge in [0, 0.05) is 0 Å². The predicted molar refractivity (Wildman–Crippen MR) is 54.9 cm³/mol. The number of rotatable bonds is 6. The lowest BCUT2D eigenvalue weighted by Gasteiger charge is -2.02. The maximum absolute atomic E-state index is 11.3. The van der Waals surface area contributed by atoms with Crippen LogP contribution in [0.15, 0.2) is 11.6 Å². The molecule has 0 spiro atoms. The molecule has 0 rings (SSSR count). The number of Topliss-reactive ketones (excluding diaryl/α,β-unsaturated/α-hetero) is 1. The summed E-state index contributed by atoms with van der Waals surface area (Å²) in [7, 11) is 0. The van der Waals surface area contributed by atoms with E-state index >= 15 is 0 Å². The summed E-state index contributed by atoms with van der Waals surface area (Å²) in [5, 5.41) is 0. The Kier molecular flexibility index (Phi) is 6.72. The quantitative estimate of drug-likeness (QED) is 0.216. The van der Waals surface area contributed by atoms with Gasteiger partial charge in [-0.2, -0.15) is 0 Å². The molecule has 0 aromatic rings. The minimum Gasteiger partial charge on any atom is -0.462 e. The van der Waals surface area contributed by atoms with Gasteiger partial charge in [0.1, 0.15) is 0 Å². The molecule has 0 atom stereocenters. The predicted octanol–water partition coefficient (Wildman–Crippen LogP) is 2.26. The van der Waals surface area contributed by atoms with Crippen molar-refractivity contribution in [1.82, 2.24) is 0 Å². The van der Waals surface area contributed by atoms with Gasteiger partial charge < -0.3 is 4.74 Å². The minimum atomic E-state index is -0.504. The van der Waals surface area contributed by atoms with E-state index in [9.17, 15) is 9.59 Å². The molecule has 14 heavy (non-hydrogen) atoms. The van der Waals surface area contributed by atoms with Crippen molar-refractivity contribution in [3.8, 4) is 0 Å². The van der Waals surface area contributed by atoms with Crippen LogP contribution in [0.1, 0.15) is 40.0 Å². The van der Waals surface area contributed by atoms with Gasteiger partial charge in [0.25, 0.3) is 0 Å². The molecule has 0 saturated heterocycles. The number of hydrogen-bond acceptors (Lipinski definition) is 3. The van der Waals surface area contributed by atoms with Crippen LogP contribution in [-0.2, 0) is 14.3 Å². The van der Waals surface area contributed by atoms with Crippen LogP contribution in [0.2, 0.25) is 0 Å². The molecule has 0 aliphatic heterocycles. The fraction of sp³-hybridized carbons (Fsp3) is 0.636. The Labute approximate surface area is 85.1 Å². The number of unbranched alkanes of at least 4 members (excludes halogenated alkanes) is 2. The first-order valence-electron chi connectivity index (χ1n) is 5.01. The fourth-order valence-electron chi connectivity index (χ4n) is 1.03. The lowest BCUT2D eigenvalue weighted by atomic mass is 10.1. The highest BCUT2D eigenvalue weighted by molar-refractivity contribution is 6.16. The summed E-state index contributed by atoms with van der Waals surface area (Å²) in [4.78, 5) is 22.4. The summed E-state index contributed by atoms with van der Waals surface area (Å²) in [6.45, 7) is 5.47. The highest BCUT2D eigenvalue weighted by Gasteiger charge is 2.14. The van der Waals surface area contributed by atoms with Gasteiger partial charge in [-0.1, -0.05) is 25.8 Å².